The number of aliphatic hydroxyl groups is 1. The molecule has 1 aromatic carbocycles. The van der Waals surface area contributed by atoms with Gasteiger partial charge < -0.3 is 5.11 Å². The molecule has 3 nitrogen and oxygen atoms in total. The molecule has 0 bridgehead atoms. The molecule has 1 aromatic heterocycles. The van der Waals surface area contributed by atoms with Gasteiger partial charge in [-0.3, -0.25) is 4.79 Å². The van der Waals surface area contributed by atoms with Crippen molar-refractivity contribution in [3.8, 4) is 23.7 Å². The second-order valence-electron chi connectivity index (χ2n) is 7.04. The third-order valence-corrected chi connectivity index (χ3v) is 5.00. The summed E-state index contributed by atoms with van der Waals surface area (Å²) in [6, 6.07) is 7.74. The van der Waals surface area contributed by atoms with E-state index in [4.69, 9.17) is 0 Å². The molecule has 1 N–H and O–H groups in total. The van der Waals surface area contributed by atoms with E-state index in [1.54, 1.807) is 20.0 Å². The number of hydrogen-bond acceptors (Lipinski definition) is 3. The van der Waals surface area contributed by atoms with Crippen LogP contribution in [-0.2, 0) is 11.2 Å². The fraction of sp³-hybridized carbons (Fsp3) is 0.280. The minimum absolute atomic E-state index is 0.0164. The van der Waals surface area contributed by atoms with Gasteiger partial charge in [-0.15, -0.1) is 5.92 Å². The number of benzene rings is 1. The molecule has 0 saturated carbocycles. The molecule has 0 aliphatic heterocycles. The SMILES string of the molecule is CC#Cc1cc(C)c(C2=C(O)CC(Cc3cccnc3C#CC)C2=O)c(C)c1. The largest absolute Gasteiger partial charge is 0.512 e. The standard InChI is InChI=1S/C25H23NO2/c1-5-8-18-12-16(3)23(17(4)13-18)24-22(27)15-20(25(24)28)14-19-10-7-11-26-21(19)9-6-2/h7,10-13,20,27H,14-15H2,1-4H3. The molecule has 1 atom stereocenters. The Kier molecular flexibility index (Phi) is 5.67. The Morgan fingerprint density at radius 3 is 2.46 bits per heavy atom. The van der Waals surface area contributed by atoms with E-state index in [9.17, 15) is 9.90 Å². The van der Waals surface area contributed by atoms with Crippen LogP contribution in [0.2, 0.25) is 0 Å². The molecular formula is C25H23NO2. The highest BCUT2D eigenvalue weighted by molar-refractivity contribution is 6.25. The predicted octanol–water partition coefficient (Wildman–Crippen LogP) is 4.54. The van der Waals surface area contributed by atoms with Crippen molar-refractivity contribution < 1.29 is 9.90 Å². The predicted molar refractivity (Wildman–Crippen MR) is 112 cm³/mol. The first-order valence-electron chi connectivity index (χ1n) is 9.33. The summed E-state index contributed by atoms with van der Waals surface area (Å²) < 4.78 is 0. The molecule has 0 radical (unpaired) electrons. The lowest BCUT2D eigenvalue weighted by Gasteiger charge is -2.14. The van der Waals surface area contributed by atoms with Crippen LogP contribution in [0.3, 0.4) is 0 Å². The normalized spacial score (nSPS) is 15.7. The number of ketones is 1. The Balaban J connectivity index is 1.94. The Morgan fingerprint density at radius 1 is 1.14 bits per heavy atom. The van der Waals surface area contributed by atoms with Crippen molar-refractivity contribution in [1.82, 2.24) is 4.98 Å². The number of Topliss-reactive ketones (excluding diaryl/α,β-unsaturated/α-hetero) is 1. The van der Waals surface area contributed by atoms with Gasteiger partial charge in [0, 0.05) is 24.1 Å². The van der Waals surface area contributed by atoms with Crippen LogP contribution >= 0.6 is 0 Å². The highest BCUT2D eigenvalue weighted by Gasteiger charge is 2.35. The summed E-state index contributed by atoms with van der Waals surface area (Å²) in [6.07, 6.45) is 2.56. The second-order valence-corrected chi connectivity index (χ2v) is 7.04. The Bertz CT molecular complexity index is 1080. The molecule has 1 aliphatic rings. The van der Waals surface area contributed by atoms with Crippen molar-refractivity contribution in [2.75, 3.05) is 0 Å². The number of aliphatic hydroxyl groups excluding tert-OH is 1. The quantitative estimate of drug-likeness (QED) is 0.808. The fourth-order valence-electron chi connectivity index (χ4n) is 3.88. The maximum absolute atomic E-state index is 13.2. The first-order chi connectivity index (χ1) is 13.5. The monoisotopic (exact) mass is 369 g/mol. The van der Waals surface area contributed by atoms with Gasteiger partial charge in [0.15, 0.2) is 5.78 Å². The van der Waals surface area contributed by atoms with E-state index >= 15 is 0 Å². The Morgan fingerprint density at radius 2 is 1.82 bits per heavy atom. The summed E-state index contributed by atoms with van der Waals surface area (Å²) in [6.45, 7) is 7.48. The molecule has 2 aromatic rings. The van der Waals surface area contributed by atoms with Crippen molar-refractivity contribution in [2.24, 2.45) is 5.92 Å². The number of carbonyl (C=O) groups is 1. The highest BCUT2D eigenvalue weighted by atomic mass is 16.3. The van der Waals surface area contributed by atoms with Gasteiger partial charge in [0.05, 0.1) is 5.57 Å². The van der Waals surface area contributed by atoms with Gasteiger partial charge in [0.2, 0.25) is 0 Å². The summed E-state index contributed by atoms with van der Waals surface area (Å²) in [5, 5.41) is 10.6. The first-order valence-corrected chi connectivity index (χ1v) is 9.33. The number of aromatic nitrogens is 1. The average molecular weight is 369 g/mol. The summed E-state index contributed by atoms with van der Waals surface area (Å²) in [5.74, 6) is 11.7. The van der Waals surface area contributed by atoms with Gasteiger partial charge >= 0.3 is 0 Å². The third kappa shape index (κ3) is 3.71. The van der Waals surface area contributed by atoms with E-state index in [1.165, 1.54) is 0 Å². The van der Waals surface area contributed by atoms with Gasteiger partial charge in [-0.25, -0.2) is 4.98 Å². The molecule has 0 amide bonds. The van der Waals surface area contributed by atoms with Crippen LogP contribution in [0.25, 0.3) is 5.57 Å². The van der Waals surface area contributed by atoms with E-state index in [2.05, 4.69) is 28.7 Å². The number of carbonyl (C=O) groups excluding carboxylic acids is 1. The van der Waals surface area contributed by atoms with Gasteiger partial charge in [-0.05, 0) is 80.5 Å². The molecule has 0 saturated heterocycles. The van der Waals surface area contributed by atoms with Crippen LogP contribution in [0.1, 0.15) is 53.8 Å². The fourth-order valence-corrected chi connectivity index (χ4v) is 3.88. The van der Waals surface area contributed by atoms with Crippen molar-refractivity contribution in [3.05, 3.63) is 69.7 Å². The second kappa shape index (κ2) is 8.15. The molecular weight excluding hydrogens is 346 g/mol. The Labute approximate surface area is 166 Å². The van der Waals surface area contributed by atoms with Gasteiger partial charge in [-0.2, -0.15) is 0 Å². The molecule has 3 heteroatoms. The summed E-state index contributed by atoms with van der Waals surface area (Å²) >= 11 is 0. The van der Waals surface area contributed by atoms with Crippen LogP contribution in [0.5, 0.6) is 0 Å². The Hall–Kier alpha value is -3.30. The number of aryl methyl sites for hydroxylation is 2. The summed E-state index contributed by atoms with van der Waals surface area (Å²) in [7, 11) is 0. The summed E-state index contributed by atoms with van der Waals surface area (Å²) in [4.78, 5) is 17.5. The van der Waals surface area contributed by atoms with Crippen molar-refractivity contribution in [3.63, 3.8) is 0 Å². The van der Waals surface area contributed by atoms with E-state index < -0.39 is 0 Å². The van der Waals surface area contributed by atoms with Crippen molar-refractivity contribution >= 4 is 11.4 Å². The molecule has 140 valence electrons. The molecule has 28 heavy (non-hydrogen) atoms. The molecule has 0 spiro atoms. The summed E-state index contributed by atoms with van der Waals surface area (Å²) in [5.41, 5.74) is 5.72. The van der Waals surface area contributed by atoms with E-state index in [0.29, 0.717) is 24.1 Å². The number of rotatable bonds is 3. The zero-order valence-corrected chi connectivity index (χ0v) is 16.7. The molecule has 1 aliphatic carbocycles. The van der Waals surface area contributed by atoms with Gasteiger partial charge in [0.25, 0.3) is 0 Å². The van der Waals surface area contributed by atoms with Crippen LogP contribution in [0, 0.1) is 43.4 Å². The highest BCUT2D eigenvalue weighted by Crippen LogP contribution is 2.38. The minimum atomic E-state index is -0.300. The third-order valence-electron chi connectivity index (χ3n) is 5.00. The van der Waals surface area contributed by atoms with Crippen LogP contribution in [0.4, 0.5) is 0 Å². The number of pyridine rings is 1. The molecule has 3 rings (SSSR count). The van der Waals surface area contributed by atoms with E-state index in [1.807, 2.05) is 38.1 Å². The lowest BCUT2D eigenvalue weighted by Crippen LogP contribution is -2.14. The number of hydrogen-bond donors (Lipinski definition) is 1. The average Bonchev–Trinajstić information content (AvgIpc) is 2.91. The van der Waals surface area contributed by atoms with Crippen LogP contribution < -0.4 is 0 Å². The smallest absolute Gasteiger partial charge is 0.170 e. The van der Waals surface area contributed by atoms with Gasteiger partial charge in [0.1, 0.15) is 11.5 Å². The first kappa shape index (κ1) is 19.5. The zero-order valence-electron chi connectivity index (χ0n) is 16.7. The topological polar surface area (TPSA) is 50.2 Å². The minimum Gasteiger partial charge on any atom is -0.512 e. The number of allylic oxidation sites excluding steroid dienone is 2. The lowest BCUT2D eigenvalue weighted by atomic mass is 9.89. The number of nitrogens with zero attached hydrogens (tertiary/aromatic N) is 1. The van der Waals surface area contributed by atoms with Crippen LogP contribution in [-0.4, -0.2) is 15.9 Å². The lowest BCUT2D eigenvalue weighted by molar-refractivity contribution is -0.116. The molecule has 1 unspecified atom stereocenters. The maximum Gasteiger partial charge on any atom is 0.170 e. The van der Waals surface area contributed by atoms with Gasteiger partial charge in [-0.1, -0.05) is 17.9 Å². The van der Waals surface area contributed by atoms with Crippen molar-refractivity contribution in [1.29, 1.82) is 0 Å². The van der Waals surface area contributed by atoms with Crippen LogP contribution in [0.15, 0.2) is 36.2 Å². The molecule has 1 heterocycles. The van der Waals surface area contributed by atoms with E-state index in [-0.39, 0.29) is 17.5 Å². The van der Waals surface area contributed by atoms with E-state index in [0.717, 1.165) is 27.8 Å². The molecule has 0 fully saturated rings. The zero-order chi connectivity index (χ0) is 20.3. The maximum atomic E-state index is 13.2. The van der Waals surface area contributed by atoms with Crippen molar-refractivity contribution in [2.45, 2.75) is 40.5 Å².